The molecule has 3 nitrogen and oxygen atoms in total. The van der Waals surface area contributed by atoms with E-state index < -0.39 is 0 Å². The molecule has 1 N–H and O–H groups in total. The minimum absolute atomic E-state index is 0.918. The van der Waals surface area contributed by atoms with Crippen molar-refractivity contribution in [1.82, 2.24) is 9.78 Å². The molecule has 0 aliphatic heterocycles. The Morgan fingerprint density at radius 3 is 2.67 bits per heavy atom. The van der Waals surface area contributed by atoms with Crippen LogP contribution in [0.15, 0.2) is 36.5 Å². The number of aromatic nitrogens is 2. The molecule has 0 aliphatic rings. The van der Waals surface area contributed by atoms with Crippen LogP contribution in [0.2, 0.25) is 0 Å². The summed E-state index contributed by atoms with van der Waals surface area (Å²) in [6, 6.07) is 10.1. The van der Waals surface area contributed by atoms with Crippen molar-refractivity contribution in [3.63, 3.8) is 0 Å². The lowest BCUT2D eigenvalue weighted by molar-refractivity contribution is 0.847. The van der Waals surface area contributed by atoms with Crippen LogP contribution < -0.4 is 5.32 Å². The summed E-state index contributed by atoms with van der Waals surface area (Å²) in [5, 5.41) is 7.64. The van der Waals surface area contributed by atoms with E-state index in [1.165, 1.54) is 0 Å². The zero-order chi connectivity index (χ0) is 10.7. The van der Waals surface area contributed by atoms with Gasteiger partial charge in [0.05, 0.1) is 23.3 Å². The molecule has 0 bridgehead atoms. The van der Waals surface area contributed by atoms with Crippen molar-refractivity contribution in [2.24, 2.45) is 0 Å². The van der Waals surface area contributed by atoms with Crippen molar-refractivity contribution in [3.05, 3.63) is 42.2 Å². The van der Waals surface area contributed by atoms with Crippen molar-refractivity contribution in [2.75, 3.05) is 11.9 Å². The third kappa shape index (κ3) is 1.86. The van der Waals surface area contributed by atoms with Gasteiger partial charge in [0.2, 0.25) is 0 Å². The fourth-order valence-electron chi connectivity index (χ4n) is 1.60. The van der Waals surface area contributed by atoms with Gasteiger partial charge in [0.15, 0.2) is 0 Å². The third-order valence-electron chi connectivity index (χ3n) is 2.38. The highest BCUT2D eigenvalue weighted by atomic mass is 15.3. The van der Waals surface area contributed by atoms with E-state index in [0.717, 1.165) is 23.6 Å². The molecule has 1 aromatic carbocycles. The summed E-state index contributed by atoms with van der Waals surface area (Å²) in [7, 11) is 0. The molecule has 78 valence electrons. The maximum absolute atomic E-state index is 4.36. The van der Waals surface area contributed by atoms with Gasteiger partial charge < -0.3 is 5.32 Å². The van der Waals surface area contributed by atoms with Crippen LogP contribution in [0.25, 0.3) is 5.69 Å². The molecule has 0 amide bonds. The third-order valence-corrected chi connectivity index (χ3v) is 2.38. The minimum Gasteiger partial charge on any atom is -0.383 e. The number of hydrogen-bond donors (Lipinski definition) is 1. The van der Waals surface area contributed by atoms with Crippen LogP contribution in [0, 0.1) is 6.92 Å². The Bertz CT molecular complexity index is 431. The Kier molecular flexibility index (Phi) is 2.72. The molecule has 15 heavy (non-hydrogen) atoms. The molecule has 0 saturated heterocycles. The van der Waals surface area contributed by atoms with Crippen LogP contribution >= 0.6 is 0 Å². The summed E-state index contributed by atoms with van der Waals surface area (Å²) in [6.45, 7) is 5.07. The Hall–Kier alpha value is -1.77. The van der Waals surface area contributed by atoms with Crippen LogP contribution in [0.3, 0.4) is 0 Å². The van der Waals surface area contributed by atoms with Crippen molar-refractivity contribution >= 4 is 5.69 Å². The van der Waals surface area contributed by atoms with Gasteiger partial charge >= 0.3 is 0 Å². The molecule has 0 fully saturated rings. The van der Waals surface area contributed by atoms with Crippen LogP contribution in [0.1, 0.15) is 12.6 Å². The first kappa shape index (κ1) is 9.77. The largest absolute Gasteiger partial charge is 0.383 e. The monoisotopic (exact) mass is 201 g/mol. The number of nitrogens with one attached hydrogen (secondary N) is 1. The second-order valence-corrected chi connectivity index (χ2v) is 3.42. The first-order chi connectivity index (χ1) is 7.33. The number of nitrogens with zero attached hydrogens (tertiary/aromatic N) is 2. The molecule has 1 aromatic heterocycles. The van der Waals surface area contributed by atoms with Gasteiger partial charge in [0, 0.05) is 6.54 Å². The quantitative estimate of drug-likeness (QED) is 0.827. The molecule has 0 spiro atoms. The first-order valence-electron chi connectivity index (χ1n) is 5.17. The van der Waals surface area contributed by atoms with Gasteiger partial charge in [0.1, 0.15) is 0 Å². The molecule has 1 heterocycles. The van der Waals surface area contributed by atoms with Gasteiger partial charge in [-0.25, -0.2) is 4.68 Å². The second kappa shape index (κ2) is 4.17. The molecule has 3 heteroatoms. The number of rotatable bonds is 3. The highest BCUT2D eigenvalue weighted by Crippen LogP contribution is 2.17. The van der Waals surface area contributed by atoms with E-state index in [-0.39, 0.29) is 0 Å². The van der Waals surface area contributed by atoms with Gasteiger partial charge in [-0.1, -0.05) is 18.2 Å². The maximum Gasteiger partial charge on any atom is 0.0760 e. The van der Waals surface area contributed by atoms with Gasteiger partial charge in [-0.05, 0) is 26.0 Å². The summed E-state index contributed by atoms with van der Waals surface area (Å²) >= 11 is 0. The maximum atomic E-state index is 4.36. The number of hydrogen-bond acceptors (Lipinski definition) is 2. The van der Waals surface area contributed by atoms with E-state index in [1.54, 1.807) is 0 Å². The Labute approximate surface area is 89.7 Å². The predicted octanol–water partition coefficient (Wildman–Crippen LogP) is 2.61. The first-order valence-corrected chi connectivity index (χ1v) is 5.17. The van der Waals surface area contributed by atoms with E-state index in [4.69, 9.17) is 0 Å². The fourth-order valence-corrected chi connectivity index (χ4v) is 1.60. The summed E-state index contributed by atoms with van der Waals surface area (Å²) in [5.74, 6) is 0. The van der Waals surface area contributed by atoms with Crippen molar-refractivity contribution < 1.29 is 0 Å². The van der Waals surface area contributed by atoms with E-state index in [9.17, 15) is 0 Å². The van der Waals surface area contributed by atoms with Crippen LogP contribution in [0.4, 0.5) is 5.69 Å². The van der Waals surface area contributed by atoms with Crippen LogP contribution in [-0.4, -0.2) is 16.3 Å². The van der Waals surface area contributed by atoms with Crippen molar-refractivity contribution in [2.45, 2.75) is 13.8 Å². The fraction of sp³-hybridized carbons (Fsp3) is 0.250. The summed E-state index contributed by atoms with van der Waals surface area (Å²) < 4.78 is 1.94. The van der Waals surface area contributed by atoms with E-state index in [2.05, 4.69) is 36.4 Å². The van der Waals surface area contributed by atoms with Gasteiger partial charge in [-0.2, -0.15) is 5.10 Å². The smallest absolute Gasteiger partial charge is 0.0760 e. The molecule has 2 rings (SSSR count). The molecular formula is C12H15N3. The number of benzene rings is 1. The van der Waals surface area contributed by atoms with E-state index >= 15 is 0 Å². The standard InChI is InChI=1S/C12H15N3/c1-3-13-12-9-14-15(10(12)2)11-7-5-4-6-8-11/h4-9,13H,3H2,1-2H3. The molecule has 0 atom stereocenters. The Morgan fingerprint density at radius 2 is 2.00 bits per heavy atom. The molecule has 0 saturated carbocycles. The molecule has 0 unspecified atom stereocenters. The summed E-state index contributed by atoms with van der Waals surface area (Å²) in [5.41, 5.74) is 3.34. The average Bonchev–Trinajstić information content (AvgIpc) is 2.63. The lowest BCUT2D eigenvalue weighted by Crippen LogP contribution is -2.01. The van der Waals surface area contributed by atoms with E-state index in [0.29, 0.717) is 0 Å². The normalized spacial score (nSPS) is 10.3. The summed E-state index contributed by atoms with van der Waals surface area (Å²) in [6.07, 6.45) is 1.87. The summed E-state index contributed by atoms with van der Waals surface area (Å²) in [4.78, 5) is 0. The Morgan fingerprint density at radius 1 is 1.27 bits per heavy atom. The van der Waals surface area contributed by atoms with Crippen LogP contribution in [-0.2, 0) is 0 Å². The van der Waals surface area contributed by atoms with Crippen LogP contribution in [0.5, 0.6) is 0 Å². The Balaban J connectivity index is 2.38. The molecule has 0 aliphatic carbocycles. The topological polar surface area (TPSA) is 29.9 Å². The predicted molar refractivity (Wildman–Crippen MR) is 62.5 cm³/mol. The van der Waals surface area contributed by atoms with Crippen molar-refractivity contribution in [1.29, 1.82) is 0 Å². The second-order valence-electron chi connectivity index (χ2n) is 3.42. The zero-order valence-corrected chi connectivity index (χ0v) is 9.07. The highest BCUT2D eigenvalue weighted by Gasteiger charge is 2.05. The lowest BCUT2D eigenvalue weighted by Gasteiger charge is -2.05. The van der Waals surface area contributed by atoms with Crippen molar-refractivity contribution in [3.8, 4) is 5.69 Å². The SMILES string of the molecule is CCNc1cnn(-c2ccccc2)c1C. The number of para-hydroxylation sites is 1. The lowest BCUT2D eigenvalue weighted by atomic mass is 10.3. The molecular weight excluding hydrogens is 186 g/mol. The molecule has 2 aromatic rings. The van der Waals surface area contributed by atoms with Gasteiger partial charge in [0.25, 0.3) is 0 Å². The minimum atomic E-state index is 0.918. The molecule has 0 radical (unpaired) electrons. The zero-order valence-electron chi connectivity index (χ0n) is 9.07. The van der Waals surface area contributed by atoms with Gasteiger partial charge in [-0.3, -0.25) is 0 Å². The number of anilines is 1. The van der Waals surface area contributed by atoms with Gasteiger partial charge in [-0.15, -0.1) is 0 Å². The highest BCUT2D eigenvalue weighted by molar-refractivity contribution is 5.49. The average molecular weight is 201 g/mol. The van der Waals surface area contributed by atoms with E-state index in [1.807, 2.05) is 29.1 Å².